The third-order valence-electron chi connectivity index (χ3n) is 4.37. The predicted octanol–water partition coefficient (Wildman–Crippen LogP) is 2.86. The minimum absolute atomic E-state index is 0.0777. The summed E-state index contributed by atoms with van der Waals surface area (Å²) in [7, 11) is 0. The highest BCUT2D eigenvalue weighted by Gasteiger charge is 2.19. The summed E-state index contributed by atoms with van der Waals surface area (Å²) in [5.74, 6) is 0.733. The van der Waals surface area contributed by atoms with Crippen molar-refractivity contribution in [3.05, 3.63) is 60.4 Å². The lowest BCUT2D eigenvalue weighted by molar-refractivity contribution is -0.122. The number of amides is 1. The SMILES string of the molecule is O=C(CN1CCN(c2ccc(F)cc2)CC1)NCCSc1ccccc1. The van der Waals surface area contributed by atoms with Gasteiger partial charge in [-0.05, 0) is 36.4 Å². The first-order valence-corrected chi connectivity index (χ1v) is 9.87. The second-order valence-electron chi connectivity index (χ2n) is 6.25. The van der Waals surface area contributed by atoms with Gasteiger partial charge in [0.05, 0.1) is 6.54 Å². The Kier molecular flexibility index (Phi) is 6.91. The van der Waals surface area contributed by atoms with Gasteiger partial charge in [-0.25, -0.2) is 4.39 Å². The van der Waals surface area contributed by atoms with Crippen LogP contribution in [0.3, 0.4) is 0 Å². The van der Waals surface area contributed by atoms with Gasteiger partial charge in [0, 0.05) is 49.1 Å². The van der Waals surface area contributed by atoms with Crippen molar-refractivity contribution in [1.82, 2.24) is 10.2 Å². The number of thioether (sulfide) groups is 1. The second-order valence-corrected chi connectivity index (χ2v) is 7.42. The Bertz CT molecular complexity index is 688. The van der Waals surface area contributed by atoms with Crippen molar-refractivity contribution in [3.8, 4) is 0 Å². The van der Waals surface area contributed by atoms with Gasteiger partial charge in [-0.3, -0.25) is 9.69 Å². The Labute approximate surface area is 158 Å². The Morgan fingerprint density at radius 2 is 1.69 bits per heavy atom. The van der Waals surface area contributed by atoms with Crippen LogP contribution in [0.25, 0.3) is 0 Å². The molecule has 26 heavy (non-hydrogen) atoms. The highest BCUT2D eigenvalue weighted by atomic mass is 32.2. The summed E-state index contributed by atoms with van der Waals surface area (Å²) in [5, 5.41) is 2.99. The van der Waals surface area contributed by atoms with Crippen molar-refractivity contribution in [1.29, 1.82) is 0 Å². The van der Waals surface area contributed by atoms with E-state index in [4.69, 9.17) is 0 Å². The van der Waals surface area contributed by atoms with E-state index < -0.39 is 0 Å². The van der Waals surface area contributed by atoms with E-state index in [1.165, 1.54) is 17.0 Å². The number of carbonyl (C=O) groups is 1. The van der Waals surface area contributed by atoms with Gasteiger partial charge >= 0.3 is 0 Å². The van der Waals surface area contributed by atoms with Gasteiger partial charge < -0.3 is 10.2 Å². The number of hydrogen-bond donors (Lipinski definition) is 1. The van der Waals surface area contributed by atoms with Gasteiger partial charge in [0.25, 0.3) is 0 Å². The van der Waals surface area contributed by atoms with Gasteiger partial charge in [-0.2, -0.15) is 0 Å². The van der Waals surface area contributed by atoms with E-state index in [1.54, 1.807) is 11.8 Å². The van der Waals surface area contributed by atoms with E-state index in [0.717, 1.165) is 37.6 Å². The van der Waals surface area contributed by atoms with Crippen LogP contribution in [0.5, 0.6) is 0 Å². The Hall–Kier alpha value is -2.05. The van der Waals surface area contributed by atoms with Gasteiger partial charge in [0.15, 0.2) is 0 Å². The van der Waals surface area contributed by atoms with Crippen LogP contribution < -0.4 is 10.2 Å². The van der Waals surface area contributed by atoms with Crippen LogP contribution in [0.15, 0.2) is 59.5 Å². The first kappa shape index (κ1) is 18.7. The monoisotopic (exact) mass is 373 g/mol. The molecular formula is C20H24FN3OS. The number of nitrogens with zero attached hydrogens (tertiary/aromatic N) is 2. The van der Waals surface area contributed by atoms with Crippen LogP contribution in [0.2, 0.25) is 0 Å². The summed E-state index contributed by atoms with van der Waals surface area (Å²) in [5.41, 5.74) is 1.04. The molecule has 1 saturated heterocycles. The van der Waals surface area contributed by atoms with Crippen LogP contribution in [0.4, 0.5) is 10.1 Å². The number of anilines is 1. The lowest BCUT2D eigenvalue weighted by atomic mass is 10.2. The molecule has 0 aromatic heterocycles. The molecule has 0 spiro atoms. The molecule has 0 bridgehead atoms. The zero-order valence-corrected chi connectivity index (χ0v) is 15.6. The average Bonchev–Trinajstić information content (AvgIpc) is 2.67. The van der Waals surface area contributed by atoms with E-state index in [1.807, 2.05) is 30.3 Å². The molecule has 0 radical (unpaired) electrons. The number of halogens is 1. The highest BCUT2D eigenvalue weighted by Crippen LogP contribution is 2.17. The van der Waals surface area contributed by atoms with E-state index in [2.05, 4.69) is 27.2 Å². The molecule has 2 aromatic rings. The van der Waals surface area contributed by atoms with Crippen LogP contribution in [0, 0.1) is 5.82 Å². The molecular weight excluding hydrogens is 349 g/mol. The number of carbonyl (C=O) groups excluding carboxylic acids is 1. The fraction of sp³-hybridized carbons (Fsp3) is 0.350. The standard InChI is InChI=1S/C20H24FN3OS/c21-17-6-8-18(9-7-17)24-13-11-23(12-14-24)16-20(25)22-10-15-26-19-4-2-1-3-5-19/h1-9H,10-16H2,(H,22,25). The third-order valence-corrected chi connectivity index (χ3v) is 5.38. The molecule has 4 nitrogen and oxygen atoms in total. The van der Waals surface area contributed by atoms with E-state index >= 15 is 0 Å². The molecule has 1 aliphatic heterocycles. The zero-order valence-electron chi connectivity index (χ0n) is 14.7. The lowest BCUT2D eigenvalue weighted by Crippen LogP contribution is -2.49. The Balaban J connectivity index is 1.32. The molecule has 1 heterocycles. The molecule has 0 aliphatic carbocycles. The summed E-state index contributed by atoms with van der Waals surface area (Å²) < 4.78 is 13.0. The lowest BCUT2D eigenvalue weighted by Gasteiger charge is -2.35. The minimum Gasteiger partial charge on any atom is -0.369 e. The topological polar surface area (TPSA) is 35.6 Å². The zero-order chi connectivity index (χ0) is 18.2. The van der Waals surface area contributed by atoms with Gasteiger partial charge in [-0.15, -0.1) is 11.8 Å². The van der Waals surface area contributed by atoms with Crippen LogP contribution in [-0.4, -0.2) is 55.8 Å². The van der Waals surface area contributed by atoms with Crippen molar-refractivity contribution >= 4 is 23.4 Å². The van der Waals surface area contributed by atoms with E-state index in [0.29, 0.717) is 13.1 Å². The molecule has 0 atom stereocenters. The van der Waals surface area contributed by atoms with Crippen molar-refractivity contribution in [2.75, 3.05) is 49.9 Å². The molecule has 6 heteroatoms. The van der Waals surface area contributed by atoms with Crippen LogP contribution in [-0.2, 0) is 4.79 Å². The number of benzene rings is 2. The maximum Gasteiger partial charge on any atom is 0.234 e. The fourth-order valence-corrected chi connectivity index (χ4v) is 3.74. The van der Waals surface area contributed by atoms with Crippen LogP contribution >= 0.6 is 11.8 Å². The summed E-state index contributed by atoms with van der Waals surface area (Å²) in [6.45, 7) is 4.49. The largest absolute Gasteiger partial charge is 0.369 e. The summed E-state index contributed by atoms with van der Waals surface area (Å²) in [4.78, 5) is 17.7. The van der Waals surface area contributed by atoms with Gasteiger partial charge in [-0.1, -0.05) is 18.2 Å². The smallest absolute Gasteiger partial charge is 0.234 e. The molecule has 1 N–H and O–H groups in total. The van der Waals surface area contributed by atoms with Crippen molar-refractivity contribution in [2.24, 2.45) is 0 Å². The summed E-state index contributed by atoms with van der Waals surface area (Å²) in [6, 6.07) is 16.8. The highest BCUT2D eigenvalue weighted by molar-refractivity contribution is 7.99. The van der Waals surface area contributed by atoms with Crippen molar-refractivity contribution in [2.45, 2.75) is 4.90 Å². The molecule has 2 aromatic carbocycles. The van der Waals surface area contributed by atoms with Crippen molar-refractivity contribution in [3.63, 3.8) is 0 Å². The first-order valence-electron chi connectivity index (χ1n) is 8.88. The summed E-state index contributed by atoms with van der Waals surface area (Å²) in [6.07, 6.45) is 0. The first-order chi connectivity index (χ1) is 12.7. The maximum atomic E-state index is 13.0. The Morgan fingerprint density at radius 1 is 1.00 bits per heavy atom. The number of nitrogens with one attached hydrogen (secondary N) is 1. The third kappa shape index (κ3) is 5.75. The van der Waals surface area contributed by atoms with E-state index in [9.17, 15) is 9.18 Å². The minimum atomic E-state index is -0.213. The van der Waals surface area contributed by atoms with Crippen molar-refractivity contribution < 1.29 is 9.18 Å². The van der Waals surface area contributed by atoms with E-state index in [-0.39, 0.29) is 11.7 Å². The second kappa shape index (κ2) is 9.59. The number of rotatable bonds is 7. The Morgan fingerprint density at radius 3 is 2.38 bits per heavy atom. The molecule has 138 valence electrons. The number of hydrogen-bond acceptors (Lipinski definition) is 4. The molecule has 1 amide bonds. The van der Waals surface area contributed by atoms with Crippen LogP contribution in [0.1, 0.15) is 0 Å². The quantitative estimate of drug-likeness (QED) is 0.598. The molecule has 0 unspecified atom stereocenters. The molecule has 1 aliphatic rings. The maximum absolute atomic E-state index is 13.0. The predicted molar refractivity (Wildman–Crippen MR) is 105 cm³/mol. The average molecular weight is 373 g/mol. The summed E-state index contributed by atoms with van der Waals surface area (Å²) >= 11 is 1.75. The number of piperazine rings is 1. The molecule has 1 fully saturated rings. The normalized spacial score (nSPS) is 15.0. The van der Waals surface area contributed by atoms with Gasteiger partial charge in [0.1, 0.15) is 5.82 Å². The molecule has 3 rings (SSSR count). The molecule has 0 saturated carbocycles. The fourth-order valence-electron chi connectivity index (χ4n) is 2.95. The van der Waals surface area contributed by atoms with Gasteiger partial charge in [0.2, 0.25) is 5.91 Å².